The van der Waals surface area contributed by atoms with E-state index in [1.807, 2.05) is 6.07 Å². The zero-order valence-corrected chi connectivity index (χ0v) is 12.2. The van der Waals surface area contributed by atoms with Gasteiger partial charge in [0.25, 0.3) is 0 Å². The summed E-state index contributed by atoms with van der Waals surface area (Å²) in [5, 5.41) is 3.67. The van der Waals surface area contributed by atoms with Gasteiger partial charge in [-0.1, -0.05) is 25.0 Å². The van der Waals surface area contributed by atoms with E-state index in [0.29, 0.717) is 6.04 Å². The first-order valence-corrected chi connectivity index (χ1v) is 7.82. The van der Waals surface area contributed by atoms with Gasteiger partial charge in [-0.05, 0) is 50.3 Å². The summed E-state index contributed by atoms with van der Waals surface area (Å²) < 4.78 is 19.4. The molecule has 1 aromatic carbocycles. The molecule has 2 nitrogen and oxygen atoms in total. The maximum Gasteiger partial charge on any atom is 0.123 e. The van der Waals surface area contributed by atoms with Crippen molar-refractivity contribution in [1.82, 2.24) is 5.32 Å². The van der Waals surface area contributed by atoms with E-state index in [1.54, 1.807) is 12.1 Å². The van der Waals surface area contributed by atoms with Crippen LogP contribution in [0.4, 0.5) is 4.39 Å². The molecular weight excluding hydrogens is 253 g/mol. The van der Waals surface area contributed by atoms with Gasteiger partial charge in [0, 0.05) is 18.7 Å². The molecule has 2 atom stereocenters. The summed E-state index contributed by atoms with van der Waals surface area (Å²) in [7, 11) is 0. The summed E-state index contributed by atoms with van der Waals surface area (Å²) in [6, 6.07) is 7.57. The molecule has 3 rings (SSSR count). The van der Waals surface area contributed by atoms with Crippen LogP contribution in [0, 0.1) is 5.82 Å². The van der Waals surface area contributed by atoms with E-state index in [9.17, 15) is 4.39 Å². The molecule has 1 heterocycles. The largest absolute Gasteiger partial charge is 0.375 e. The normalized spacial score (nSPS) is 26.8. The average Bonchev–Trinajstić information content (AvgIpc) is 2.87. The van der Waals surface area contributed by atoms with E-state index in [1.165, 1.54) is 31.7 Å². The molecule has 0 amide bonds. The Morgan fingerprint density at radius 1 is 1.35 bits per heavy atom. The van der Waals surface area contributed by atoms with Crippen molar-refractivity contribution in [3.63, 3.8) is 0 Å². The van der Waals surface area contributed by atoms with Crippen molar-refractivity contribution in [3.8, 4) is 0 Å². The van der Waals surface area contributed by atoms with Gasteiger partial charge in [0.15, 0.2) is 0 Å². The molecule has 3 heteroatoms. The predicted molar refractivity (Wildman–Crippen MR) is 78.1 cm³/mol. The molecule has 110 valence electrons. The highest BCUT2D eigenvalue weighted by molar-refractivity contribution is 5.19. The van der Waals surface area contributed by atoms with Crippen molar-refractivity contribution < 1.29 is 9.13 Å². The topological polar surface area (TPSA) is 21.3 Å². The van der Waals surface area contributed by atoms with E-state index in [2.05, 4.69) is 12.2 Å². The van der Waals surface area contributed by atoms with Gasteiger partial charge >= 0.3 is 0 Å². The first-order valence-electron chi connectivity index (χ1n) is 7.82. The summed E-state index contributed by atoms with van der Waals surface area (Å²) >= 11 is 0. The van der Waals surface area contributed by atoms with Gasteiger partial charge in [0.05, 0.1) is 5.60 Å². The smallest absolute Gasteiger partial charge is 0.123 e. The summed E-state index contributed by atoms with van der Waals surface area (Å²) in [4.78, 5) is 0. The van der Waals surface area contributed by atoms with Gasteiger partial charge in [-0.2, -0.15) is 0 Å². The van der Waals surface area contributed by atoms with Gasteiger partial charge in [-0.15, -0.1) is 0 Å². The lowest BCUT2D eigenvalue weighted by molar-refractivity contribution is -0.0846. The molecule has 2 aliphatic rings. The molecule has 1 aliphatic heterocycles. The van der Waals surface area contributed by atoms with Crippen molar-refractivity contribution >= 4 is 0 Å². The fourth-order valence-electron chi connectivity index (χ4n) is 3.76. The first-order chi connectivity index (χ1) is 9.67. The third-order valence-corrected chi connectivity index (χ3v) is 4.84. The molecule has 1 aliphatic carbocycles. The molecule has 0 radical (unpaired) electrons. The van der Waals surface area contributed by atoms with E-state index in [0.717, 1.165) is 25.0 Å². The highest BCUT2D eigenvalue weighted by Crippen LogP contribution is 2.40. The lowest BCUT2D eigenvalue weighted by atomic mass is 9.88. The Morgan fingerprint density at radius 2 is 2.15 bits per heavy atom. The zero-order chi connectivity index (χ0) is 14.0. The Hall–Kier alpha value is -0.930. The molecule has 1 aromatic rings. The fraction of sp³-hybridized carbons (Fsp3) is 0.647. The molecule has 20 heavy (non-hydrogen) atoms. The number of hydrogen-bond donors (Lipinski definition) is 1. The van der Waals surface area contributed by atoms with Crippen LogP contribution in [-0.2, 0) is 4.74 Å². The van der Waals surface area contributed by atoms with Crippen molar-refractivity contribution in [2.75, 3.05) is 6.61 Å². The van der Waals surface area contributed by atoms with Gasteiger partial charge < -0.3 is 10.1 Å². The zero-order valence-electron chi connectivity index (χ0n) is 12.2. The van der Waals surface area contributed by atoms with Crippen LogP contribution in [0.15, 0.2) is 24.3 Å². The number of hydrogen-bond acceptors (Lipinski definition) is 2. The minimum atomic E-state index is -0.157. The first kappa shape index (κ1) is 14.0. The Morgan fingerprint density at radius 3 is 2.90 bits per heavy atom. The summed E-state index contributed by atoms with van der Waals surface area (Å²) in [6.45, 7) is 2.97. The van der Waals surface area contributed by atoms with Crippen molar-refractivity contribution in [2.24, 2.45) is 0 Å². The maximum atomic E-state index is 13.3. The van der Waals surface area contributed by atoms with Gasteiger partial charge in [0.2, 0.25) is 0 Å². The van der Waals surface area contributed by atoms with Crippen LogP contribution in [0.5, 0.6) is 0 Å². The van der Waals surface area contributed by atoms with Crippen LogP contribution in [0.1, 0.15) is 57.1 Å². The Bertz CT molecular complexity index is 456. The minimum absolute atomic E-state index is 0.136. The van der Waals surface area contributed by atoms with Crippen LogP contribution < -0.4 is 5.32 Å². The van der Waals surface area contributed by atoms with E-state index in [-0.39, 0.29) is 17.5 Å². The van der Waals surface area contributed by atoms with Crippen molar-refractivity contribution in [2.45, 2.75) is 63.1 Å². The Balaban J connectivity index is 1.62. The monoisotopic (exact) mass is 277 g/mol. The molecule has 2 fully saturated rings. The molecule has 1 N–H and O–H groups in total. The molecule has 0 aromatic heterocycles. The second-order valence-electron chi connectivity index (χ2n) is 6.37. The molecule has 1 saturated heterocycles. The van der Waals surface area contributed by atoms with Crippen LogP contribution in [0.2, 0.25) is 0 Å². The number of halogens is 1. The van der Waals surface area contributed by atoms with Crippen LogP contribution in [-0.4, -0.2) is 18.2 Å². The lowest BCUT2D eigenvalue weighted by Gasteiger charge is -2.39. The summed E-state index contributed by atoms with van der Waals surface area (Å²) in [5.41, 5.74) is 1.16. The highest BCUT2D eigenvalue weighted by atomic mass is 19.1. The van der Waals surface area contributed by atoms with Gasteiger partial charge in [0.1, 0.15) is 5.82 Å². The summed E-state index contributed by atoms with van der Waals surface area (Å²) in [5.74, 6) is -0.157. The van der Waals surface area contributed by atoms with Crippen molar-refractivity contribution in [3.05, 3.63) is 35.6 Å². The Labute approximate surface area is 120 Å². The standard InChI is InChI=1S/C17H24FNO/c1-13(14-5-4-6-15(18)11-14)19-16-7-10-20-17(12-16)8-2-3-9-17/h4-6,11,13,16,19H,2-3,7-10,12H2,1H3/t13-,16?/m0/s1. The van der Waals surface area contributed by atoms with Crippen LogP contribution in [0.3, 0.4) is 0 Å². The third-order valence-electron chi connectivity index (χ3n) is 4.84. The van der Waals surface area contributed by atoms with Crippen LogP contribution >= 0.6 is 0 Å². The molecular formula is C17H24FNO. The van der Waals surface area contributed by atoms with Crippen LogP contribution in [0.25, 0.3) is 0 Å². The third kappa shape index (κ3) is 3.04. The second-order valence-corrected chi connectivity index (χ2v) is 6.37. The predicted octanol–water partition coefficient (Wildman–Crippen LogP) is 3.97. The fourth-order valence-corrected chi connectivity index (χ4v) is 3.76. The number of nitrogens with one attached hydrogen (secondary N) is 1. The second kappa shape index (κ2) is 5.82. The van der Waals surface area contributed by atoms with Crippen molar-refractivity contribution in [1.29, 1.82) is 0 Å². The van der Waals surface area contributed by atoms with E-state index < -0.39 is 0 Å². The van der Waals surface area contributed by atoms with Gasteiger partial charge in [-0.25, -0.2) is 4.39 Å². The van der Waals surface area contributed by atoms with Gasteiger partial charge in [-0.3, -0.25) is 0 Å². The molecule has 1 unspecified atom stereocenters. The Kier molecular flexibility index (Phi) is 4.08. The SMILES string of the molecule is C[C@H](NC1CCOC2(CCCC2)C1)c1cccc(F)c1. The maximum absolute atomic E-state index is 13.3. The number of rotatable bonds is 3. The lowest BCUT2D eigenvalue weighted by Crippen LogP contribution is -2.46. The number of benzene rings is 1. The summed E-state index contributed by atoms with van der Waals surface area (Å²) in [6.07, 6.45) is 7.17. The average molecular weight is 277 g/mol. The minimum Gasteiger partial charge on any atom is -0.375 e. The van der Waals surface area contributed by atoms with E-state index in [4.69, 9.17) is 4.74 Å². The highest BCUT2D eigenvalue weighted by Gasteiger charge is 2.40. The number of ether oxygens (including phenoxy) is 1. The molecule has 1 saturated carbocycles. The van der Waals surface area contributed by atoms with E-state index >= 15 is 0 Å². The molecule has 0 bridgehead atoms. The quantitative estimate of drug-likeness (QED) is 0.902. The molecule has 1 spiro atoms.